The lowest BCUT2D eigenvalue weighted by Gasteiger charge is -2.40. The molecule has 1 aromatic carbocycles. The highest BCUT2D eigenvalue weighted by Crippen LogP contribution is 2.38. The lowest BCUT2D eigenvalue weighted by Crippen LogP contribution is -2.51. The van der Waals surface area contributed by atoms with Crippen LogP contribution in [0, 0.1) is 17.0 Å². The standard InChI is InChI=1S/C19H21F2NO4S2/c1-2-26-18(23)19(11-14-4-5-15(20)10-17(14)21)7-3-8-22(13-19)28(24,25)16-6-9-27-12-16/h4-6,9-10,12H,2-3,7-8,11,13H2,1H3/t19-/m0/s1. The molecule has 1 aliphatic rings. The summed E-state index contributed by atoms with van der Waals surface area (Å²) in [5.41, 5.74) is -1.07. The number of esters is 1. The zero-order valence-corrected chi connectivity index (χ0v) is 17.0. The van der Waals surface area contributed by atoms with Crippen molar-refractivity contribution in [2.24, 2.45) is 5.41 Å². The topological polar surface area (TPSA) is 63.7 Å². The second-order valence-corrected chi connectivity index (χ2v) is 9.53. The van der Waals surface area contributed by atoms with Crippen molar-refractivity contribution in [3.8, 4) is 0 Å². The Kier molecular flexibility index (Phi) is 6.16. The molecule has 1 atom stereocenters. The average molecular weight is 430 g/mol. The number of piperidine rings is 1. The lowest BCUT2D eigenvalue weighted by atomic mass is 9.75. The summed E-state index contributed by atoms with van der Waals surface area (Å²) in [7, 11) is -3.77. The number of hydrogen-bond donors (Lipinski definition) is 0. The van der Waals surface area contributed by atoms with Crippen molar-refractivity contribution in [2.75, 3.05) is 19.7 Å². The molecule has 9 heteroatoms. The summed E-state index contributed by atoms with van der Waals surface area (Å²) in [6.07, 6.45) is 0.733. The van der Waals surface area contributed by atoms with E-state index in [2.05, 4.69) is 0 Å². The Hall–Kier alpha value is -1.84. The van der Waals surface area contributed by atoms with Crippen molar-refractivity contribution in [2.45, 2.75) is 31.1 Å². The number of halogens is 2. The van der Waals surface area contributed by atoms with Crippen LogP contribution < -0.4 is 0 Å². The molecule has 1 fully saturated rings. The molecule has 152 valence electrons. The van der Waals surface area contributed by atoms with Gasteiger partial charge in [-0.25, -0.2) is 17.2 Å². The Balaban J connectivity index is 1.96. The van der Waals surface area contributed by atoms with Gasteiger partial charge in [0.1, 0.15) is 11.6 Å². The van der Waals surface area contributed by atoms with Gasteiger partial charge in [-0.1, -0.05) is 6.07 Å². The third kappa shape index (κ3) is 4.11. The van der Waals surface area contributed by atoms with E-state index in [9.17, 15) is 22.0 Å². The summed E-state index contributed by atoms with van der Waals surface area (Å²) in [6, 6.07) is 4.69. The first-order valence-corrected chi connectivity index (χ1v) is 11.3. The molecule has 0 bridgehead atoms. The Morgan fingerprint density at radius 2 is 2.11 bits per heavy atom. The molecule has 1 aromatic heterocycles. The molecule has 2 heterocycles. The predicted molar refractivity (Wildman–Crippen MR) is 101 cm³/mol. The minimum Gasteiger partial charge on any atom is -0.466 e. The summed E-state index contributed by atoms with van der Waals surface area (Å²) >= 11 is 1.27. The van der Waals surface area contributed by atoms with Crippen LogP contribution >= 0.6 is 11.3 Å². The van der Waals surface area contributed by atoms with Crippen LogP contribution in [0.3, 0.4) is 0 Å². The van der Waals surface area contributed by atoms with E-state index in [0.29, 0.717) is 12.8 Å². The van der Waals surface area contributed by atoms with Crippen molar-refractivity contribution in [3.63, 3.8) is 0 Å². The first-order chi connectivity index (χ1) is 13.3. The molecular formula is C19H21F2NO4S2. The first kappa shape index (κ1) is 20.9. The van der Waals surface area contributed by atoms with Crippen molar-refractivity contribution in [3.05, 3.63) is 52.2 Å². The Labute approximate surface area is 167 Å². The van der Waals surface area contributed by atoms with Gasteiger partial charge in [0.15, 0.2) is 0 Å². The van der Waals surface area contributed by atoms with E-state index < -0.39 is 33.0 Å². The monoisotopic (exact) mass is 429 g/mol. The summed E-state index contributed by atoms with van der Waals surface area (Å²) in [5, 5.41) is 3.21. The second-order valence-electron chi connectivity index (χ2n) is 6.81. The first-order valence-electron chi connectivity index (χ1n) is 8.92. The fourth-order valence-corrected chi connectivity index (χ4v) is 6.12. The SMILES string of the molecule is CCOC(=O)[C@]1(Cc2ccc(F)cc2F)CCCN(S(=O)(=O)c2ccsc2)C1. The van der Waals surface area contributed by atoms with Gasteiger partial charge in [-0.15, -0.1) is 0 Å². The van der Waals surface area contributed by atoms with Gasteiger partial charge < -0.3 is 4.74 Å². The maximum Gasteiger partial charge on any atom is 0.313 e. The summed E-state index contributed by atoms with van der Waals surface area (Å²) < 4.78 is 59.9. The number of carbonyl (C=O) groups is 1. The molecule has 28 heavy (non-hydrogen) atoms. The highest BCUT2D eigenvalue weighted by molar-refractivity contribution is 7.89. The number of nitrogens with zero attached hydrogens (tertiary/aromatic N) is 1. The van der Waals surface area contributed by atoms with E-state index in [4.69, 9.17) is 4.74 Å². The van der Waals surface area contributed by atoms with Gasteiger partial charge >= 0.3 is 5.97 Å². The molecule has 0 amide bonds. The number of ether oxygens (including phenoxy) is 1. The smallest absolute Gasteiger partial charge is 0.313 e. The van der Waals surface area contributed by atoms with Crippen LogP contribution in [0.5, 0.6) is 0 Å². The van der Waals surface area contributed by atoms with Crippen LogP contribution in [0.15, 0.2) is 39.9 Å². The number of thiophene rings is 1. The minimum atomic E-state index is -3.77. The van der Waals surface area contributed by atoms with Gasteiger partial charge in [-0.3, -0.25) is 4.79 Å². The molecule has 0 spiro atoms. The van der Waals surface area contributed by atoms with E-state index in [1.807, 2.05) is 0 Å². The fourth-order valence-electron chi connectivity index (χ4n) is 3.54. The quantitative estimate of drug-likeness (QED) is 0.658. The highest BCUT2D eigenvalue weighted by atomic mass is 32.2. The van der Waals surface area contributed by atoms with Gasteiger partial charge in [-0.2, -0.15) is 15.6 Å². The van der Waals surface area contributed by atoms with E-state index in [1.54, 1.807) is 12.3 Å². The molecule has 1 saturated heterocycles. The van der Waals surface area contributed by atoms with E-state index in [1.165, 1.54) is 33.2 Å². The molecule has 3 rings (SSSR count). The Bertz CT molecular complexity index is 947. The normalized spacial score (nSPS) is 20.8. The van der Waals surface area contributed by atoms with E-state index in [-0.39, 0.29) is 36.6 Å². The summed E-state index contributed by atoms with van der Waals surface area (Å²) in [4.78, 5) is 13.0. The number of sulfonamides is 1. The van der Waals surface area contributed by atoms with E-state index in [0.717, 1.165) is 12.1 Å². The molecular weight excluding hydrogens is 408 g/mol. The van der Waals surface area contributed by atoms with Crippen molar-refractivity contribution >= 4 is 27.3 Å². The molecule has 1 aliphatic heterocycles. The van der Waals surface area contributed by atoms with Gasteiger partial charge in [-0.05, 0) is 49.3 Å². The number of benzene rings is 1. The zero-order chi connectivity index (χ0) is 20.4. The number of rotatable bonds is 6. The zero-order valence-electron chi connectivity index (χ0n) is 15.4. The van der Waals surface area contributed by atoms with Crippen LogP contribution in [0.4, 0.5) is 8.78 Å². The largest absolute Gasteiger partial charge is 0.466 e. The predicted octanol–water partition coefficient (Wildman–Crippen LogP) is 3.60. The Morgan fingerprint density at radius 1 is 1.32 bits per heavy atom. The van der Waals surface area contributed by atoms with Gasteiger partial charge in [0.25, 0.3) is 0 Å². The van der Waals surface area contributed by atoms with Gasteiger partial charge in [0.2, 0.25) is 10.0 Å². The fraction of sp³-hybridized carbons (Fsp3) is 0.421. The summed E-state index contributed by atoms with van der Waals surface area (Å²) in [6.45, 7) is 1.95. The van der Waals surface area contributed by atoms with Crippen molar-refractivity contribution < 1.29 is 26.7 Å². The van der Waals surface area contributed by atoms with E-state index >= 15 is 0 Å². The van der Waals surface area contributed by atoms with Gasteiger partial charge in [0, 0.05) is 24.5 Å². The molecule has 0 radical (unpaired) electrons. The molecule has 0 aliphatic carbocycles. The average Bonchev–Trinajstić information content (AvgIpc) is 3.20. The van der Waals surface area contributed by atoms with Crippen molar-refractivity contribution in [1.29, 1.82) is 0 Å². The van der Waals surface area contributed by atoms with Crippen LogP contribution in [0.2, 0.25) is 0 Å². The summed E-state index contributed by atoms with van der Waals surface area (Å²) in [5.74, 6) is -2.04. The van der Waals surface area contributed by atoms with Crippen LogP contribution in [0.25, 0.3) is 0 Å². The molecule has 0 N–H and O–H groups in total. The second kappa shape index (κ2) is 8.26. The molecule has 0 unspecified atom stereocenters. The van der Waals surface area contributed by atoms with Gasteiger partial charge in [0.05, 0.1) is 16.9 Å². The molecule has 0 saturated carbocycles. The minimum absolute atomic E-state index is 0.0619. The highest BCUT2D eigenvalue weighted by Gasteiger charge is 2.47. The Morgan fingerprint density at radius 3 is 2.75 bits per heavy atom. The number of hydrogen-bond acceptors (Lipinski definition) is 5. The maximum atomic E-state index is 14.3. The lowest BCUT2D eigenvalue weighted by molar-refractivity contribution is -0.157. The third-order valence-electron chi connectivity index (χ3n) is 4.93. The van der Waals surface area contributed by atoms with Crippen LogP contribution in [-0.4, -0.2) is 38.4 Å². The van der Waals surface area contributed by atoms with Crippen molar-refractivity contribution in [1.82, 2.24) is 4.31 Å². The molecule has 5 nitrogen and oxygen atoms in total. The molecule has 2 aromatic rings. The third-order valence-corrected chi connectivity index (χ3v) is 7.60. The van der Waals surface area contributed by atoms with Crippen LogP contribution in [0.1, 0.15) is 25.3 Å². The number of carbonyl (C=O) groups excluding carboxylic acids is 1. The maximum absolute atomic E-state index is 14.3. The van der Waals surface area contributed by atoms with Crippen LogP contribution in [-0.2, 0) is 26.0 Å².